The van der Waals surface area contributed by atoms with Crippen LogP contribution in [0.4, 0.5) is 18.9 Å². The molecule has 0 fully saturated rings. The average molecular weight is 366 g/mol. The van der Waals surface area contributed by atoms with Crippen LogP contribution in [0.15, 0.2) is 42.5 Å². The predicted molar refractivity (Wildman–Crippen MR) is 90.0 cm³/mol. The number of ether oxygens (including phenoxy) is 1. The largest absolute Gasteiger partial charge is 0.573 e. The molecule has 0 aromatic heterocycles. The Bertz CT molecular complexity index is 782. The fraction of sp³-hybridized carbons (Fsp3) is 0.222. The van der Waals surface area contributed by atoms with Crippen molar-refractivity contribution < 1.29 is 27.5 Å². The minimum atomic E-state index is -4.80. The van der Waals surface area contributed by atoms with E-state index in [0.717, 1.165) is 23.3 Å². The van der Waals surface area contributed by atoms with E-state index in [1.54, 1.807) is 0 Å². The van der Waals surface area contributed by atoms with Gasteiger partial charge in [0, 0.05) is 11.3 Å². The molecule has 2 aromatic rings. The highest BCUT2D eigenvalue weighted by Gasteiger charge is 2.31. The number of aryl methyl sites for hydroxylation is 2. The quantitative estimate of drug-likeness (QED) is 0.850. The third-order valence-electron chi connectivity index (χ3n) is 3.51. The van der Waals surface area contributed by atoms with Gasteiger partial charge in [-0.15, -0.1) is 13.2 Å². The van der Waals surface area contributed by atoms with Crippen LogP contribution in [0.3, 0.4) is 0 Å². The molecular weight excluding hydrogens is 349 g/mol. The number of para-hydroxylation sites is 1. The molecule has 0 aliphatic carbocycles. The van der Waals surface area contributed by atoms with Gasteiger partial charge in [0.1, 0.15) is 5.75 Å². The summed E-state index contributed by atoms with van der Waals surface area (Å²) in [5, 5.41) is 5.13. The summed E-state index contributed by atoms with van der Waals surface area (Å²) in [7, 11) is 0. The van der Waals surface area contributed by atoms with Crippen molar-refractivity contribution in [3.8, 4) is 5.75 Å². The van der Waals surface area contributed by atoms with Gasteiger partial charge in [-0.2, -0.15) is 0 Å². The van der Waals surface area contributed by atoms with Crippen molar-refractivity contribution in [3.63, 3.8) is 0 Å². The number of rotatable bonds is 5. The number of anilines is 1. The van der Waals surface area contributed by atoms with Crippen LogP contribution in [0, 0.1) is 13.8 Å². The van der Waals surface area contributed by atoms with E-state index in [4.69, 9.17) is 0 Å². The number of amides is 2. The molecule has 0 aliphatic rings. The highest BCUT2D eigenvalue weighted by molar-refractivity contribution is 5.99. The van der Waals surface area contributed by atoms with Gasteiger partial charge < -0.3 is 15.4 Å². The van der Waals surface area contributed by atoms with E-state index < -0.39 is 23.9 Å². The monoisotopic (exact) mass is 366 g/mol. The van der Waals surface area contributed by atoms with Crippen LogP contribution in [-0.4, -0.2) is 24.7 Å². The van der Waals surface area contributed by atoms with Gasteiger partial charge in [-0.05, 0) is 49.2 Å². The third-order valence-corrected chi connectivity index (χ3v) is 3.51. The van der Waals surface area contributed by atoms with Crippen molar-refractivity contribution in [2.75, 3.05) is 11.9 Å². The molecule has 2 N–H and O–H groups in total. The number of carbonyl (C=O) groups is 2. The molecule has 0 saturated carbocycles. The number of alkyl halides is 3. The van der Waals surface area contributed by atoms with E-state index in [0.29, 0.717) is 5.69 Å². The van der Waals surface area contributed by atoms with Crippen LogP contribution in [-0.2, 0) is 4.79 Å². The molecule has 138 valence electrons. The number of hydrogen-bond acceptors (Lipinski definition) is 3. The lowest BCUT2D eigenvalue weighted by molar-refractivity contribution is -0.274. The lowest BCUT2D eigenvalue weighted by atomic mass is 10.1. The maximum absolute atomic E-state index is 12.1. The molecule has 0 atom stereocenters. The molecular formula is C18H17F3N2O3. The van der Waals surface area contributed by atoms with Gasteiger partial charge in [-0.25, -0.2) is 0 Å². The van der Waals surface area contributed by atoms with E-state index >= 15 is 0 Å². The summed E-state index contributed by atoms with van der Waals surface area (Å²) >= 11 is 0. The molecule has 0 radical (unpaired) electrons. The van der Waals surface area contributed by atoms with Crippen LogP contribution >= 0.6 is 0 Å². The molecule has 0 aliphatic heterocycles. The van der Waals surface area contributed by atoms with E-state index in [1.807, 2.05) is 32.0 Å². The predicted octanol–water partition coefficient (Wildman–Crippen LogP) is 3.57. The highest BCUT2D eigenvalue weighted by atomic mass is 19.4. The van der Waals surface area contributed by atoms with Gasteiger partial charge in [0.05, 0.1) is 6.54 Å². The van der Waals surface area contributed by atoms with E-state index in [9.17, 15) is 22.8 Å². The molecule has 2 rings (SSSR count). The normalized spacial score (nSPS) is 11.0. The Morgan fingerprint density at radius 2 is 1.58 bits per heavy atom. The van der Waals surface area contributed by atoms with E-state index in [1.165, 1.54) is 12.1 Å². The van der Waals surface area contributed by atoms with Gasteiger partial charge in [0.15, 0.2) is 0 Å². The maximum Gasteiger partial charge on any atom is 0.573 e. The van der Waals surface area contributed by atoms with Crippen molar-refractivity contribution in [2.45, 2.75) is 20.2 Å². The lowest BCUT2D eigenvalue weighted by Gasteiger charge is -2.12. The molecule has 8 heteroatoms. The zero-order chi connectivity index (χ0) is 19.3. The smallest absolute Gasteiger partial charge is 0.406 e. The fourth-order valence-electron chi connectivity index (χ4n) is 2.27. The number of carbonyl (C=O) groups excluding carboxylic acids is 2. The van der Waals surface area contributed by atoms with Crippen molar-refractivity contribution >= 4 is 17.5 Å². The summed E-state index contributed by atoms with van der Waals surface area (Å²) in [5.41, 5.74) is 2.58. The number of halogens is 3. The minimum absolute atomic E-state index is 0.111. The Hall–Kier alpha value is -3.03. The second-order valence-electron chi connectivity index (χ2n) is 5.57. The molecule has 0 saturated heterocycles. The van der Waals surface area contributed by atoms with Gasteiger partial charge in [0.25, 0.3) is 5.91 Å². The molecule has 0 spiro atoms. The van der Waals surface area contributed by atoms with Crippen molar-refractivity contribution in [2.24, 2.45) is 0 Å². The number of hydrogen-bond donors (Lipinski definition) is 2. The standard InChI is InChI=1S/C18H17F3N2O3/c1-11-4-3-5-12(2)16(11)23-15(24)10-22-17(25)13-6-8-14(9-7-13)26-18(19,20)21/h3-9H,10H2,1-2H3,(H,22,25)(H,23,24). The van der Waals surface area contributed by atoms with Gasteiger partial charge in [0.2, 0.25) is 5.91 Å². The Kier molecular flexibility index (Phi) is 5.86. The van der Waals surface area contributed by atoms with E-state index in [2.05, 4.69) is 15.4 Å². The first-order valence-electron chi connectivity index (χ1n) is 7.66. The van der Waals surface area contributed by atoms with E-state index in [-0.39, 0.29) is 12.1 Å². The van der Waals surface area contributed by atoms with Crippen LogP contribution in [0.2, 0.25) is 0 Å². The first kappa shape index (κ1) is 19.3. The van der Waals surface area contributed by atoms with Crippen LogP contribution in [0.1, 0.15) is 21.5 Å². The summed E-state index contributed by atoms with van der Waals surface area (Å²) in [6, 6.07) is 9.99. The van der Waals surface area contributed by atoms with Crippen molar-refractivity contribution in [3.05, 3.63) is 59.2 Å². The minimum Gasteiger partial charge on any atom is -0.406 e. The Labute approximate surface area is 148 Å². The molecule has 2 amide bonds. The van der Waals surface area contributed by atoms with Crippen molar-refractivity contribution in [1.29, 1.82) is 0 Å². The molecule has 2 aromatic carbocycles. The lowest BCUT2D eigenvalue weighted by Crippen LogP contribution is -2.33. The first-order chi connectivity index (χ1) is 12.2. The second kappa shape index (κ2) is 7.90. The van der Waals surface area contributed by atoms with Gasteiger partial charge >= 0.3 is 6.36 Å². The Morgan fingerprint density at radius 3 is 2.12 bits per heavy atom. The Balaban J connectivity index is 1.91. The summed E-state index contributed by atoms with van der Waals surface area (Å²) in [6.45, 7) is 3.44. The molecule has 26 heavy (non-hydrogen) atoms. The first-order valence-corrected chi connectivity index (χ1v) is 7.66. The third kappa shape index (κ3) is 5.51. The summed E-state index contributed by atoms with van der Waals surface area (Å²) < 4.78 is 40.0. The fourth-order valence-corrected chi connectivity index (χ4v) is 2.27. The van der Waals surface area contributed by atoms with Crippen LogP contribution in [0.5, 0.6) is 5.75 Å². The highest BCUT2D eigenvalue weighted by Crippen LogP contribution is 2.22. The molecule has 0 heterocycles. The second-order valence-corrected chi connectivity index (χ2v) is 5.57. The molecule has 5 nitrogen and oxygen atoms in total. The Morgan fingerprint density at radius 1 is 1.00 bits per heavy atom. The zero-order valence-electron chi connectivity index (χ0n) is 14.1. The maximum atomic E-state index is 12.1. The zero-order valence-corrected chi connectivity index (χ0v) is 14.1. The summed E-state index contributed by atoms with van der Waals surface area (Å²) in [5.74, 6) is -1.42. The number of benzene rings is 2. The van der Waals surface area contributed by atoms with Crippen LogP contribution < -0.4 is 15.4 Å². The van der Waals surface area contributed by atoms with Crippen LogP contribution in [0.25, 0.3) is 0 Å². The molecule has 0 bridgehead atoms. The number of nitrogens with one attached hydrogen (secondary N) is 2. The SMILES string of the molecule is Cc1cccc(C)c1NC(=O)CNC(=O)c1ccc(OC(F)(F)F)cc1. The van der Waals surface area contributed by atoms with Gasteiger partial charge in [-0.3, -0.25) is 9.59 Å². The summed E-state index contributed by atoms with van der Waals surface area (Å²) in [6.07, 6.45) is -4.80. The molecule has 0 unspecified atom stereocenters. The summed E-state index contributed by atoms with van der Waals surface area (Å²) in [4.78, 5) is 24.0. The van der Waals surface area contributed by atoms with Crippen molar-refractivity contribution in [1.82, 2.24) is 5.32 Å². The topological polar surface area (TPSA) is 67.4 Å². The average Bonchev–Trinajstić information content (AvgIpc) is 2.55. The van der Waals surface area contributed by atoms with Gasteiger partial charge in [-0.1, -0.05) is 18.2 Å².